The number of anilines is 1. The van der Waals surface area contributed by atoms with E-state index >= 15 is 0 Å². The minimum Gasteiger partial charge on any atom is -0.420 e. The molecule has 0 saturated carbocycles. The van der Waals surface area contributed by atoms with Gasteiger partial charge in [-0.05, 0) is 13.0 Å². The predicted octanol–water partition coefficient (Wildman–Crippen LogP) is 0.951. The minimum absolute atomic E-state index is 0.0588. The first-order valence-electron chi connectivity index (χ1n) is 7.15. The molecule has 4 N–H and O–H groups in total. The Hall–Kier alpha value is -3.87. The molecule has 10 heteroatoms. The lowest BCUT2D eigenvalue weighted by Crippen LogP contribution is -2.42. The first-order valence-corrected chi connectivity index (χ1v) is 7.15. The van der Waals surface area contributed by atoms with E-state index in [1.54, 1.807) is 6.92 Å². The van der Waals surface area contributed by atoms with E-state index in [1.165, 1.54) is 18.2 Å². The van der Waals surface area contributed by atoms with Crippen LogP contribution in [0, 0.1) is 28.4 Å². The van der Waals surface area contributed by atoms with Crippen LogP contribution in [0.25, 0.3) is 0 Å². The first-order chi connectivity index (χ1) is 11.9. The number of nitrogens with two attached hydrogens (primary N) is 1. The number of aryl methyl sites for hydroxylation is 1. The van der Waals surface area contributed by atoms with Gasteiger partial charge in [0.05, 0.1) is 10.5 Å². The summed E-state index contributed by atoms with van der Waals surface area (Å²) in [6.45, 7) is 1.66. The van der Waals surface area contributed by atoms with Crippen molar-refractivity contribution in [1.82, 2.24) is 10.2 Å². The van der Waals surface area contributed by atoms with Crippen molar-refractivity contribution in [2.24, 2.45) is 5.73 Å². The van der Waals surface area contributed by atoms with Crippen LogP contribution in [-0.2, 0) is 10.2 Å². The van der Waals surface area contributed by atoms with Crippen molar-refractivity contribution in [2.75, 3.05) is 5.32 Å². The molecule has 124 valence electrons. The Kier molecular flexibility index (Phi) is 2.69. The zero-order valence-corrected chi connectivity index (χ0v) is 12.8. The third-order valence-corrected chi connectivity index (χ3v) is 4.44. The molecule has 1 aromatic carbocycles. The molecule has 10 nitrogen and oxygen atoms in total. The molecule has 0 radical (unpaired) electrons. The number of aromatic nitrogens is 2. The lowest BCUT2D eigenvalue weighted by Gasteiger charge is -2.31. The van der Waals surface area contributed by atoms with Crippen LogP contribution in [0.3, 0.4) is 0 Å². The number of nitriles is 1. The maximum Gasteiger partial charge on any atom is 0.269 e. The van der Waals surface area contributed by atoms with Gasteiger partial charge in [0.25, 0.3) is 5.69 Å². The summed E-state index contributed by atoms with van der Waals surface area (Å²) in [6, 6.07) is 5.89. The summed E-state index contributed by atoms with van der Waals surface area (Å²) >= 11 is 0. The number of hydrogen-bond donors (Lipinski definition) is 3. The van der Waals surface area contributed by atoms with E-state index in [2.05, 4.69) is 15.5 Å². The average Bonchev–Trinajstić information content (AvgIpc) is 3.06. The molecular formula is C15H10N6O4. The van der Waals surface area contributed by atoms with Crippen LogP contribution in [0.1, 0.15) is 16.8 Å². The molecule has 3 heterocycles. The highest BCUT2D eigenvalue weighted by atomic mass is 16.6. The van der Waals surface area contributed by atoms with Gasteiger partial charge in [-0.2, -0.15) is 5.26 Å². The highest BCUT2D eigenvalue weighted by Gasteiger charge is 2.58. The van der Waals surface area contributed by atoms with Gasteiger partial charge >= 0.3 is 0 Å². The number of fused-ring (bicyclic) bond motifs is 4. The number of ether oxygens (including phenoxy) is 1. The summed E-state index contributed by atoms with van der Waals surface area (Å²) in [5, 5.41) is 30.2. The highest BCUT2D eigenvalue weighted by molar-refractivity contribution is 6.13. The molecule has 2 aliphatic rings. The lowest BCUT2D eigenvalue weighted by molar-refractivity contribution is -0.384. The van der Waals surface area contributed by atoms with E-state index in [9.17, 15) is 20.2 Å². The molecule has 0 saturated heterocycles. The molecule has 0 fully saturated rings. The Bertz CT molecular complexity index is 1050. The summed E-state index contributed by atoms with van der Waals surface area (Å²) in [5.41, 5.74) is 5.29. The number of nitro groups is 1. The number of amides is 1. The zero-order valence-electron chi connectivity index (χ0n) is 12.8. The van der Waals surface area contributed by atoms with Crippen molar-refractivity contribution < 1.29 is 14.5 Å². The van der Waals surface area contributed by atoms with Gasteiger partial charge < -0.3 is 15.8 Å². The fourth-order valence-electron chi connectivity index (χ4n) is 3.43. The summed E-state index contributed by atoms with van der Waals surface area (Å²) in [4.78, 5) is 23.6. The summed E-state index contributed by atoms with van der Waals surface area (Å²) in [7, 11) is 0. The van der Waals surface area contributed by atoms with E-state index in [1.807, 2.05) is 6.07 Å². The summed E-state index contributed by atoms with van der Waals surface area (Å²) < 4.78 is 5.36. The van der Waals surface area contributed by atoms with Crippen LogP contribution in [0.2, 0.25) is 0 Å². The highest BCUT2D eigenvalue weighted by Crippen LogP contribution is 2.54. The van der Waals surface area contributed by atoms with E-state index < -0.39 is 16.2 Å². The summed E-state index contributed by atoms with van der Waals surface area (Å²) in [6.07, 6.45) is 0. The topological polar surface area (TPSA) is 160 Å². The number of carbonyl (C=O) groups excluding carboxylic acids is 1. The van der Waals surface area contributed by atoms with Crippen LogP contribution in [-0.4, -0.2) is 21.0 Å². The Morgan fingerprint density at radius 2 is 2.24 bits per heavy atom. The number of hydrogen-bond acceptors (Lipinski definition) is 7. The number of nitrogens with one attached hydrogen (secondary N) is 2. The fraction of sp³-hybridized carbons (Fsp3) is 0.133. The molecule has 1 spiro atoms. The number of nitro benzene ring substituents is 1. The number of carbonyl (C=O) groups is 1. The lowest BCUT2D eigenvalue weighted by atomic mass is 9.69. The van der Waals surface area contributed by atoms with Gasteiger partial charge in [0.1, 0.15) is 17.1 Å². The van der Waals surface area contributed by atoms with Gasteiger partial charge in [0.2, 0.25) is 17.7 Å². The van der Waals surface area contributed by atoms with Gasteiger partial charge in [-0.3, -0.25) is 20.0 Å². The number of benzene rings is 1. The van der Waals surface area contributed by atoms with Crippen molar-refractivity contribution in [1.29, 1.82) is 5.26 Å². The Balaban J connectivity index is 2.16. The monoisotopic (exact) mass is 338 g/mol. The molecule has 0 unspecified atom stereocenters. The van der Waals surface area contributed by atoms with Gasteiger partial charge in [0.15, 0.2) is 0 Å². The van der Waals surface area contributed by atoms with E-state index in [-0.39, 0.29) is 28.6 Å². The molecule has 2 aromatic rings. The van der Waals surface area contributed by atoms with Crippen LogP contribution < -0.4 is 15.8 Å². The Morgan fingerprint density at radius 1 is 1.48 bits per heavy atom. The third kappa shape index (κ3) is 1.61. The van der Waals surface area contributed by atoms with E-state index in [0.717, 1.165) is 0 Å². The van der Waals surface area contributed by atoms with Gasteiger partial charge in [0, 0.05) is 29.1 Å². The van der Waals surface area contributed by atoms with Gasteiger partial charge in [-0.1, -0.05) is 0 Å². The normalized spacial score (nSPS) is 20.6. The molecule has 2 aliphatic heterocycles. The molecule has 0 bridgehead atoms. The van der Waals surface area contributed by atoms with Crippen LogP contribution in [0.15, 0.2) is 29.7 Å². The second-order valence-corrected chi connectivity index (χ2v) is 5.67. The van der Waals surface area contributed by atoms with Crippen molar-refractivity contribution >= 4 is 17.3 Å². The SMILES string of the molecule is Cc1[nH]nc2c1[C@]1(C(=O)Nc3ccc([N+](=O)[O-])cc31)C(C#N)=C(N)O2. The maximum atomic E-state index is 13.0. The number of aromatic amines is 1. The Labute approximate surface area is 140 Å². The number of non-ortho nitro benzene ring substituents is 1. The fourth-order valence-corrected chi connectivity index (χ4v) is 3.43. The molecule has 1 aromatic heterocycles. The van der Waals surface area contributed by atoms with Crippen LogP contribution in [0.4, 0.5) is 11.4 Å². The zero-order chi connectivity index (χ0) is 17.9. The molecular weight excluding hydrogens is 328 g/mol. The molecule has 1 atom stereocenters. The Morgan fingerprint density at radius 3 is 2.92 bits per heavy atom. The van der Waals surface area contributed by atoms with Crippen molar-refractivity contribution in [3.05, 3.63) is 56.6 Å². The summed E-state index contributed by atoms with van der Waals surface area (Å²) in [5.74, 6) is -0.754. The second-order valence-electron chi connectivity index (χ2n) is 5.67. The van der Waals surface area contributed by atoms with E-state index in [0.29, 0.717) is 16.9 Å². The minimum atomic E-state index is -1.65. The van der Waals surface area contributed by atoms with E-state index in [4.69, 9.17) is 10.5 Å². The van der Waals surface area contributed by atoms with Gasteiger partial charge in [-0.25, -0.2) is 0 Å². The van der Waals surface area contributed by atoms with Crippen molar-refractivity contribution in [3.8, 4) is 11.9 Å². The van der Waals surface area contributed by atoms with Crippen molar-refractivity contribution in [2.45, 2.75) is 12.3 Å². The predicted molar refractivity (Wildman–Crippen MR) is 83.3 cm³/mol. The van der Waals surface area contributed by atoms with Crippen LogP contribution >= 0.6 is 0 Å². The number of H-pyrrole nitrogens is 1. The molecule has 1 amide bonds. The quantitative estimate of drug-likeness (QED) is 0.515. The molecule has 25 heavy (non-hydrogen) atoms. The first kappa shape index (κ1) is 14.7. The smallest absolute Gasteiger partial charge is 0.269 e. The number of nitrogens with zero attached hydrogens (tertiary/aromatic N) is 3. The van der Waals surface area contributed by atoms with Gasteiger partial charge in [-0.15, -0.1) is 5.10 Å². The molecule has 0 aliphatic carbocycles. The standard InChI is InChI=1S/C15H10N6O4/c1-6-11-13(20-19-6)25-12(17)9(5-16)15(11)8-4-7(21(23)24)2-3-10(8)18-14(15)22/h2-4H,17H2,1H3,(H,18,22)(H,19,20)/t15-/m1/s1. The molecule has 4 rings (SSSR count). The third-order valence-electron chi connectivity index (χ3n) is 4.44. The largest absolute Gasteiger partial charge is 0.420 e. The van der Waals surface area contributed by atoms with Crippen molar-refractivity contribution in [3.63, 3.8) is 0 Å². The maximum absolute atomic E-state index is 13.0. The number of rotatable bonds is 1. The average molecular weight is 338 g/mol. The van der Waals surface area contributed by atoms with Crippen LogP contribution in [0.5, 0.6) is 5.88 Å². The second kappa shape index (κ2) is 4.57.